The van der Waals surface area contributed by atoms with Crippen molar-refractivity contribution in [3.8, 4) is 0 Å². The number of aliphatic hydroxyl groups is 1. The van der Waals surface area contributed by atoms with Gasteiger partial charge in [0.05, 0.1) is 5.60 Å². The first kappa shape index (κ1) is 10.4. The Morgan fingerprint density at radius 2 is 1.93 bits per heavy atom. The summed E-state index contributed by atoms with van der Waals surface area (Å²) >= 11 is 0. The van der Waals surface area contributed by atoms with Crippen LogP contribution in [0.1, 0.15) is 52.4 Å². The van der Waals surface area contributed by atoms with Gasteiger partial charge in [0.25, 0.3) is 0 Å². The fourth-order valence-electron chi connectivity index (χ4n) is 3.27. The van der Waals surface area contributed by atoms with Gasteiger partial charge in [0.1, 0.15) is 0 Å². The third-order valence-corrected chi connectivity index (χ3v) is 4.17. The summed E-state index contributed by atoms with van der Waals surface area (Å²) < 4.78 is 0. The van der Waals surface area contributed by atoms with Crippen molar-refractivity contribution in [1.82, 2.24) is 5.32 Å². The largest absolute Gasteiger partial charge is 0.389 e. The molecule has 2 bridgehead atoms. The maximum Gasteiger partial charge on any atom is 0.0702 e. The van der Waals surface area contributed by atoms with Crippen LogP contribution in [0.15, 0.2) is 0 Å². The van der Waals surface area contributed by atoms with E-state index < -0.39 is 0 Å². The molecular formula is C12H23NO. The van der Waals surface area contributed by atoms with Crippen LogP contribution in [0.3, 0.4) is 0 Å². The molecule has 0 radical (unpaired) electrons. The van der Waals surface area contributed by atoms with Crippen molar-refractivity contribution in [1.29, 1.82) is 0 Å². The lowest BCUT2D eigenvalue weighted by Crippen LogP contribution is -2.51. The van der Waals surface area contributed by atoms with E-state index in [4.69, 9.17) is 0 Å². The third-order valence-electron chi connectivity index (χ3n) is 4.17. The van der Waals surface area contributed by atoms with E-state index in [-0.39, 0.29) is 5.60 Å². The van der Waals surface area contributed by atoms with E-state index in [1.165, 1.54) is 19.3 Å². The van der Waals surface area contributed by atoms with Gasteiger partial charge < -0.3 is 10.4 Å². The minimum absolute atomic E-state index is 0.368. The second kappa shape index (κ2) is 3.82. The van der Waals surface area contributed by atoms with Crippen LogP contribution in [0.25, 0.3) is 0 Å². The molecule has 2 aliphatic heterocycles. The molecule has 0 amide bonds. The summed E-state index contributed by atoms with van der Waals surface area (Å²) in [5, 5.41) is 14.2. The molecule has 2 heterocycles. The fourth-order valence-corrected chi connectivity index (χ4v) is 3.27. The van der Waals surface area contributed by atoms with Gasteiger partial charge >= 0.3 is 0 Å². The summed E-state index contributed by atoms with van der Waals surface area (Å²) in [7, 11) is 0. The van der Waals surface area contributed by atoms with Crippen LogP contribution in [0.4, 0.5) is 0 Å². The van der Waals surface area contributed by atoms with Gasteiger partial charge in [-0.1, -0.05) is 20.3 Å². The maximum atomic E-state index is 10.6. The van der Waals surface area contributed by atoms with E-state index in [0.717, 1.165) is 19.3 Å². The van der Waals surface area contributed by atoms with Crippen molar-refractivity contribution < 1.29 is 5.11 Å². The van der Waals surface area contributed by atoms with Crippen LogP contribution in [0.2, 0.25) is 0 Å². The molecule has 82 valence electrons. The summed E-state index contributed by atoms with van der Waals surface area (Å²) in [5.74, 6) is 0.470. The van der Waals surface area contributed by atoms with Gasteiger partial charge in [0.15, 0.2) is 0 Å². The molecule has 0 aliphatic carbocycles. The van der Waals surface area contributed by atoms with Gasteiger partial charge in [0.2, 0.25) is 0 Å². The van der Waals surface area contributed by atoms with Crippen LogP contribution in [-0.4, -0.2) is 22.8 Å². The lowest BCUT2D eigenvalue weighted by Gasteiger charge is -2.41. The van der Waals surface area contributed by atoms with Crippen molar-refractivity contribution in [2.24, 2.45) is 5.92 Å². The summed E-state index contributed by atoms with van der Waals surface area (Å²) in [6.45, 7) is 4.42. The topological polar surface area (TPSA) is 32.3 Å². The monoisotopic (exact) mass is 197 g/mol. The average molecular weight is 197 g/mol. The lowest BCUT2D eigenvalue weighted by molar-refractivity contribution is -0.0542. The van der Waals surface area contributed by atoms with E-state index in [0.29, 0.717) is 18.0 Å². The molecule has 0 aromatic heterocycles. The molecular weight excluding hydrogens is 174 g/mol. The third kappa shape index (κ3) is 1.82. The zero-order valence-corrected chi connectivity index (χ0v) is 9.42. The molecule has 2 saturated heterocycles. The summed E-state index contributed by atoms with van der Waals surface area (Å²) in [5.41, 5.74) is -0.368. The predicted molar refractivity (Wildman–Crippen MR) is 58.2 cm³/mol. The van der Waals surface area contributed by atoms with Gasteiger partial charge in [0, 0.05) is 12.1 Å². The van der Waals surface area contributed by atoms with Gasteiger partial charge in [-0.3, -0.25) is 0 Å². The van der Waals surface area contributed by atoms with Crippen LogP contribution >= 0.6 is 0 Å². The first-order valence-electron chi connectivity index (χ1n) is 6.12. The van der Waals surface area contributed by atoms with Crippen molar-refractivity contribution >= 4 is 0 Å². The van der Waals surface area contributed by atoms with E-state index in [1.807, 2.05) is 0 Å². The Bertz CT molecular complexity index is 192. The van der Waals surface area contributed by atoms with Crippen molar-refractivity contribution in [3.05, 3.63) is 0 Å². The van der Waals surface area contributed by atoms with Crippen LogP contribution in [0, 0.1) is 5.92 Å². The Kier molecular flexibility index (Phi) is 2.85. The van der Waals surface area contributed by atoms with Gasteiger partial charge in [-0.25, -0.2) is 0 Å². The van der Waals surface area contributed by atoms with Crippen LogP contribution < -0.4 is 5.32 Å². The van der Waals surface area contributed by atoms with Crippen molar-refractivity contribution in [2.75, 3.05) is 0 Å². The maximum absolute atomic E-state index is 10.6. The molecule has 3 atom stereocenters. The zero-order chi connectivity index (χ0) is 10.2. The first-order valence-corrected chi connectivity index (χ1v) is 6.12. The Morgan fingerprint density at radius 3 is 2.43 bits per heavy atom. The van der Waals surface area contributed by atoms with E-state index in [1.54, 1.807) is 0 Å². The predicted octanol–water partition coefficient (Wildman–Crippen LogP) is 2.07. The Morgan fingerprint density at radius 1 is 1.36 bits per heavy atom. The van der Waals surface area contributed by atoms with E-state index >= 15 is 0 Å². The fraction of sp³-hybridized carbons (Fsp3) is 1.00. The molecule has 0 aromatic rings. The Balaban J connectivity index is 2.01. The van der Waals surface area contributed by atoms with Crippen molar-refractivity contribution in [2.45, 2.75) is 70.1 Å². The number of hydrogen-bond donors (Lipinski definition) is 2. The zero-order valence-electron chi connectivity index (χ0n) is 9.42. The molecule has 3 unspecified atom stereocenters. The number of piperidine rings is 1. The Labute approximate surface area is 87.1 Å². The van der Waals surface area contributed by atoms with Gasteiger partial charge in [-0.15, -0.1) is 0 Å². The van der Waals surface area contributed by atoms with E-state index in [9.17, 15) is 5.11 Å². The molecule has 0 saturated carbocycles. The van der Waals surface area contributed by atoms with Crippen LogP contribution in [0.5, 0.6) is 0 Å². The minimum Gasteiger partial charge on any atom is -0.389 e. The highest BCUT2D eigenvalue weighted by molar-refractivity contribution is 5.01. The van der Waals surface area contributed by atoms with Gasteiger partial charge in [-0.05, 0) is 38.0 Å². The highest BCUT2D eigenvalue weighted by atomic mass is 16.3. The molecule has 0 aromatic carbocycles. The highest BCUT2D eigenvalue weighted by Gasteiger charge is 2.44. The molecule has 2 N–H and O–H groups in total. The lowest BCUT2D eigenvalue weighted by atomic mass is 9.76. The molecule has 2 nitrogen and oxygen atoms in total. The van der Waals surface area contributed by atoms with E-state index in [2.05, 4.69) is 19.2 Å². The van der Waals surface area contributed by atoms with Crippen molar-refractivity contribution in [3.63, 3.8) is 0 Å². The highest BCUT2D eigenvalue weighted by Crippen LogP contribution is 2.39. The quantitative estimate of drug-likeness (QED) is 0.726. The number of nitrogens with one attached hydrogen (secondary N) is 1. The molecule has 0 spiro atoms. The van der Waals surface area contributed by atoms with Gasteiger partial charge in [-0.2, -0.15) is 0 Å². The molecule has 2 aliphatic rings. The molecule has 2 fully saturated rings. The number of rotatable bonds is 3. The standard InChI is InChI=1S/C12H23NO/c1-3-4-9(2)12(14)7-10-5-6-11(8-12)13-10/h9-11,13-14H,3-8H2,1-2H3. The summed E-state index contributed by atoms with van der Waals surface area (Å²) in [6.07, 6.45) is 6.84. The molecule has 2 heteroatoms. The SMILES string of the molecule is CCCC(C)C1(O)CC2CCC(C1)N2. The summed E-state index contributed by atoms with van der Waals surface area (Å²) in [4.78, 5) is 0. The Hall–Kier alpha value is -0.0800. The first-order chi connectivity index (χ1) is 6.64. The number of hydrogen-bond acceptors (Lipinski definition) is 2. The molecule has 2 rings (SSSR count). The number of fused-ring (bicyclic) bond motifs is 2. The average Bonchev–Trinajstić information content (AvgIpc) is 2.46. The minimum atomic E-state index is -0.368. The summed E-state index contributed by atoms with van der Waals surface area (Å²) in [6, 6.07) is 1.19. The smallest absolute Gasteiger partial charge is 0.0702 e. The second-order valence-electron chi connectivity index (χ2n) is 5.34. The second-order valence-corrected chi connectivity index (χ2v) is 5.34. The normalized spacial score (nSPS) is 43.9. The van der Waals surface area contributed by atoms with Crippen LogP contribution in [-0.2, 0) is 0 Å². The molecule has 14 heavy (non-hydrogen) atoms.